The number of halogens is 2. The van der Waals surface area contributed by atoms with Crippen LogP contribution in [0.2, 0.25) is 12.1 Å². The van der Waals surface area contributed by atoms with Crippen LogP contribution in [0.4, 0.5) is 0 Å². The van der Waals surface area contributed by atoms with Crippen molar-refractivity contribution in [3.63, 3.8) is 0 Å². The minimum absolute atomic E-state index is 0.773. The van der Waals surface area contributed by atoms with E-state index in [4.69, 9.17) is 27.3 Å². The van der Waals surface area contributed by atoms with Gasteiger partial charge in [0.2, 0.25) is 0 Å². The average Bonchev–Trinajstić information content (AvgIpc) is 2.05. The van der Waals surface area contributed by atoms with E-state index in [2.05, 4.69) is 0 Å². The molecule has 0 unspecified atom stereocenters. The minimum atomic E-state index is -0.855. The Kier molecular flexibility index (Phi) is 9.87. The molecule has 0 amide bonds. The van der Waals surface area contributed by atoms with E-state index in [-0.39, 0.29) is 0 Å². The van der Waals surface area contributed by atoms with Gasteiger partial charge in [-0.1, -0.05) is 0 Å². The lowest BCUT2D eigenvalue weighted by Crippen LogP contribution is -2.16. The summed E-state index contributed by atoms with van der Waals surface area (Å²) in [7, 11) is 0.0259. The van der Waals surface area contributed by atoms with Gasteiger partial charge in [-0.15, -0.1) is 23.2 Å². The fourth-order valence-electron chi connectivity index (χ4n) is 0.990. The summed E-state index contributed by atoms with van der Waals surface area (Å²) in [6.07, 6.45) is 2.23. The van der Waals surface area contributed by atoms with Gasteiger partial charge in [-0.05, 0) is 24.9 Å². The molecule has 0 aliphatic rings. The van der Waals surface area contributed by atoms with Gasteiger partial charge < -0.3 is 4.12 Å². The summed E-state index contributed by atoms with van der Waals surface area (Å²) >= 11 is 11.2. The van der Waals surface area contributed by atoms with Crippen molar-refractivity contribution in [3.8, 4) is 0 Å². The van der Waals surface area contributed by atoms with E-state index in [1.807, 2.05) is 0 Å². The molecule has 0 aliphatic carbocycles. The van der Waals surface area contributed by atoms with E-state index >= 15 is 0 Å². The summed E-state index contributed by atoms with van der Waals surface area (Å²) in [6, 6.07) is 2.45. The highest BCUT2D eigenvalue weighted by atomic mass is 35.5. The van der Waals surface area contributed by atoms with Crippen molar-refractivity contribution < 1.29 is 4.12 Å². The molecular formula is C6H16Cl2OSi2. The molecular weight excluding hydrogens is 215 g/mol. The van der Waals surface area contributed by atoms with Crippen LogP contribution in [0, 0.1) is 0 Å². The third kappa shape index (κ3) is 7.34. The van der Waals surface area contributed by atoms with Crippen LogP contribution in [0.15, 0.2) is 0 Å². The van der Waals surface area contributed by atoms with Crippen LogP contribution in [-0.4, -0.2) is 31.3 Å². The van der Waals surface area contributed by atoms with Crippen molar-refractivity contribution in [2.75, 3.05) is 11.8 Å². The zero-order valence-corrected chi connectivity index (χ0v) is 11.7. The first-order valence-corrected chi connectivity index (χ1v) is 7.98. The zero-order chi connectivity index (χ0) is 8.53. The van der Waals surface area contributed by atoms with Crippen LogP contribution in [0.3, 0.4) is 0 Å². The van der Waals surface area contributed by atoms with Crippen LogP contribution in [-0.2, 0) is 4.12 Å². The standard InChI is InChI=1S/C6H16Cl2OSi2/c7-3-1-5-11(9-10)6-2-4-8/h11H,1-6H2,10H3. The highest BCUT2D eigenvalue weighted by Crippen LogP contribution is 2.07. The van der Waals surface area contributed by atoms with Crippen molar-refractivity contribution in [2.24, 2.45) is 0 Å². The first-order chi connectivity index (χ1) is 5.35. The van der Waals surface area contributed by atoms with E-state index in [1.54, 1.807) is 0 Å². The molecule has 1 nitrogen and oxygen atoms in total. The van der Waals surface area contributed by atoms with Gasteiger partial charge in [0, 0.05) is 11.8 Å². The number of alkyl halides is 2. The third-order valence-corrected chi connectivity index (χ3v) is 6.96. The maximum atomic E-state index is 5.59. The lowest BCUT2D eigenvalue weighted by molar-refractivity contribution is 0.617. The summed E-state index contributed by atoms with van der Waals surface area (Å²) in [5.74, 6) is 1.55. The minimum Gasteiger partial charge on any atom is -0.465 e. The van der Waals surface area contributed by atoms with Gasteiger partial charge >= 0.3 is 0 Å². The Bertz CT molecular complexity index is 77.0. The number of rotatable bonds is 7. The second-order valence-corrected chi connectivity index (χ2v) is 7.56. The summed E-state index contributed by atoms with van der Waals surface area (Å²) in [4.78, 5) is 0. The van der Waals surface area contributed by atoms with Gasteiger partial charge in [-0.2, -0.15) is 0 Å². The maximum Gasteiger partial charge on any atom is 0.162 e. The molecule has 0 saturated carbocycles. The van der Waals surface area contributed by atoms with E-state index in [0.29, 0.717) is 0 Å². The van der Waals surface area contributed by atoms with Gasteiger partial charge in [0.1, 0.15) is 10.5 Å². The maximum absolute atomic E-state index is 5.59. The lowest BCUT2D eigenvalue weighted by atomic mass is 10.6. The molecule has 0 rings (SSSR count). The molecule has 0 heterocycles. The fraction of sp³-hybridized carbons (Fsp3) is 1.00. The third-order valence-electron chi connectivity index (χ3n) is 1.65. The van der Waals surface area contributed by atoms with E-state index in [1.165, 1.54) is 12.1 Å². The topological polar surface area (TPSA) is 9.23 Å². The smallest absolute Gasteiger partial charge is 0.162 e. The summed E-state index contributed by atoms with van der Waals surface area (Å²) in [5, 5.41) is 0. The molecule has 0 aromatic heterocycles. The Balaban J connectivity index is 3.25. The van der Waals surface area contributed by atoms with Crippen LogP contribution < -0.4 is 0 Å². The predicted molar refractivity (Wildman–Crippen MR) is 58.5 cm³/mol. The van der Waals surface area contributed by atoms with Crippen LogP contribution in [0.5, 0.6) is 0 Å². The van der Waals surface area contributed by atoms with Gasteiger partial charge in [-0.3, -0.25) is 0 Å². The molecule has 0 saturated heterocycles. The SMILES string of the molecule is [SiH3]O[SiH](CCCCl)CCCCl. The molecule has 0 atom stereocenters. The highest BCUT2D eigenvalue weighted by molar-refractivity contribution is 6.55. The molecule has 0 spiro atoms. The van der Waals surface area contributed by atoms with Crippen LogP contribution in [0.25, 0.3) is 0 Å². The van der Waals surface area contributed by atoms with Gasteiger partial charge in [0.15, 0.2) is 9.04 Å². The van der Waals surface area contributed by atoms with Gasteiger partial charge in [-0.25, -0.2) is 0 Å². The van der Waals surface area contributed by atoms with E-state index in [9.17, 15) is 0 Å². The van der Waals surface area contributed by atoms with Crippen LogP contribution in [0.1, 0.15) is 12.8 Å². The largest absolute Gasteiger partial charge is 0.465 e. The second kappa shape index (κ2) is 9.06. The molecule has 0 aromatic rings. The van der Waals surface area contributed by atoms with E-state index < -0.39 is 9.04 Å². The molecule has 0 aliphatic heterocycles. The van der Waals surface area contributed by atoms with Crippen molar-refractivity contribution in [3.05, 3.63) is 0 Å². The van der Waals surface area contributed by atoms with Crippen molar-refractivity contribution in [1.82, 2.24) is 0 Å². The Labute approximate surface area is 83.7 Å². The summed E-state index contributed by atoms with van der Waals surface area (Å²) in [6.45, 7) is 0. The van der Waals surface area contributed by atoms with Crippen molar-refractivity contribution >= 4 is 42.7 Å². The zero-order valence-electron chi connectivity index (χ0n) is 6.98. The van der Waals surface area contributed by atoms with E-state index in [0.717, 1.165) is 35.1 Å². The summed E-state index contributed by atoms with van der Waals surface area (Å²) < 4.78 is 5.51. The predicted octanol–water partition coefficient (Wildman–Crippen LogP) is 1.26. The molecule has 0 fully saturated rings. The monoisotopic (exact) mass is 230 g/mol. The Morgan fingerprint density at radius 3 is 1.82 bits per heavy atom. The lowest BCUT2D eigenvalue weighted by Gasteiger charge is -2.11. The Morgan fingerprint density at radius 2 is 1.55 bits per heavy atom. The Hall–Kier alpha value is 0.974. The Morgan fingerprint density at radius 1 is 1.09 bits per heavy atom. The molecule has 0 bridgehead atoms. The first-order valence-electron chi connectivity index (χ1n) is 3.99. The first kappa shape index (κ1) is 12.0. The molecule has 0 radical (unpaired) electrons. The molecule has 0 aromatic carbocycles. The van der Waals surface area contributed by atoms with Gasteiger partial charge in [0.25, 0.3) is 0 Å². The van der Waals surface area contributed by atoms with Crippen LogP contribution >= 0.6 is 23.2 Å². The summed E-state index contributed by atoms with van der Waals surface area (Å²) in [5.41, 5.74) is 0. The normalized spacial score (nSPS) is 11.2. The highest BCUT2D eigenvalue weighted by Gasteiger charge is 2.07. The van der Waals surface area contributed by atoms with Crippen molar-refractivity contribution in [1.29, 1.82) is 0 Å². The van der Waals surface area contributed by atoms with Gasteiger partial charge in [0.05, 0.1) is 0 Å². The number of hydrogen-bond acceptors (Lipinski definition) is 1. The fourth-order valence-corrected chi connectivity index (χ4v) is 5.31. The molecule has 68 valence electrons. The molecule has 11 heavy (non-hydrogen) atoms. The molecule has 0 N–H and O–H groups in total. The second-order valence-electron chi connectivity index (χ2n) is 2.52. The quantitative estimate of drug-likeness (QED) is 0.473. The number of hydrogen-bond donors (Lipinski definition) is 0. The average molecular weight is 231 g/mol. The molecule has 5 heteroatoms. The van der Waals surface area contributed by atoms with Crippen molar-refractivity contribution in [2.45, 2.75) is 24.9 Å².